The SMILES string of the molecule is Cc1cc2c(cc1N1c3cc(C(C)(C)C)ccc3B3c4cc5c(cc4N(c4cccc6c4C(C)(C)c4ccccc4-6)c4cc(C(C)(C)C)cc1c43)C(C)(C)CCC5(C)C)C(C)(C)CC2(C)C. The van der Waals surface area contributed by atoms with E-state index in [-0.39, 0.29) is 44.6 Å². The van der Waals surface area contributed by atoms with E-state index < -0.39 is 0 Å². The first-order valence-corrected chi connectivity index (χ1v) is 25.1. The molecule has 0 saturated heterocycles. The Labute approximate surface area is 398 Å². The quantitative estimate of drug-likeness (QED) is 0.160. The minimum absolute atomic E-state index is 0.0214. The number of benzene rings is 6. The number of aryl methyl sites for hydroxylation is 1. The number of rotatable bonds is 2. The molecule has 6 aromatic rings. The molecule has 338 valence electrons. The summed E-state index contributed by atoms with van der Waals surface area (Å²) in [6.45, 7) is 41.5. The van der Waals surface area contributed by atoms with Crippen LogP contribution in [-0.4, -0.2) is 6.71 Å². The summed E-state index contributed by atoms with van der Waals surface area (Å²) in [5.41, 5.74) is 27.8. The van der Waals surface area contributed by atoms with E-state index in [1.807, 2.05) is 0 Å². The summed E-state index contributed by atoms with van der Waals surface area (Å²) in [4.78, 5) is 5.49. The van der Waals surface area contributed by atoms with Gasteiger partial charge < -0.3 is 9.80 Å². The Morgan fingerprint density at radius 1 is 0.439 bits per heavy atom. The van der Waals surface area contributed by atoms with Gasteiger partial charge in [0.15, 0.2) is 0 Å². The van der Waals surface area contributed by atoms with Crippen molar-refractivity contribution in [3.05, 3.63) is 147 Å². The lowest BCUT2D eigenvalue weighted by Gasteiger charge is -2.48. The molecular weight excluding hydrogens is 796 g/mol. The molecule has 0 aromatic heterocycles. The Hall–Kier alpha value is -5.02. The Balaban J connectivity index is 1.31. The first kappa shape index (κ1) is 43.5. The number of fused-ring (bicyclic) bond motifs is 9. The van der Waals surface area contributed by atoms with Gasteiger partial charge in [-0.1, -0.05) is 171 Å². The predicted octanol–water partition coefficient (Wildman–Crippen LogP) is 15.3. The van der Waals surface area contributed by atoms with Gasteiger partial charge in [0.05, 0.1) is 5.69 Å². The van der Waals surface area contributed by atoms with Crippen molar-refractivity contribution in [3.63, 3.8) is 0 Å². The highest BCUT2D eigenvalue weighted by molar-refractivity contribution is 7.00. The summed E-state index contributed by atoms with van der Waals surface area (Å²) in [6.07, 6.45) is 3.50. The van der Waals surface area contributed by atoms with Gasteiger partial charge in [-0.2, -0.15) is 0 Å². The van der Waals surface area contributed by atoms with Gasteiger partial charge in [0.2, 0.25) is 0 Å². The van der Waals surface area contributed by atoms with Crippen molar-refractivity contribution in [2.45, 2.75) is 175 Å². The van der Waals surface area contributed by atoms with Crippen molar-refractivity contribution >= 4 is 57.2 Å². The van der Waals surface area contributed by atoms with Crippen LogP contribution in [-0.2, 0) is 37.9 Å². The lowest BCUT2D eigenvalue weighted by molar-refractivity contribution is 0.332. The summed E-state index contributed by atoms with van der Waals surface area (Å²) < 4.78 is 0. The summed E-state index contributed by atoms with van der Waals surface area (Å²) in [6, 6.07) is 39.6. The van der Waals surface area contributed by atoms with Gasteiger partial charge in [-0.25, -0.2) is 0 Å². The van der Waals surface area contributed by atoms with Gasteiger partial charge >= 0.3 is 0 Å². The van der Waals surface area contributed by atoms with Crippen LogP contribution in [0.5, 0.6) is 0 Å². The minimum atomic E-state index is -0.194. The molecule has 2 nitrogen and oxygen atoms in total. The Morgan fingerprint density at radius 2 is 0.955 bits per heavy atom. The van der Waals surface area contributed by atoms with E-state index in [1.165, 1.54) is 125 Å². The summed E-state index contributed by atoms with van der Waals surface area (Å²) in [5.74, 6) is 0. The molecule has 3 heteroatoms. The lowest BCUT2D eigenvalue weighted by Crippen LogP contribution is -2.62. The molecule has 5 aliphatic rings. The Morgan fingerprint density at radius 3 is 1.59 bits per heavy atom. The van der Waals surface area contributed by atoms with Crippen LogP contribution in [0.1, 0.15) is 180 Å². The third kappa shape index (κ3) is 5.99. The van der Waals surface area contributed by atoms with E-state index in [2.05, 4.69) is 225 Å². The van der Waals surface area contributed by atoms with Gasteiger partial charge in [-0.05, 0) is 173 Å². The molecule has 0 fully saturated rings. The van der Waals surface area contributed by atoms with E-state index in [9.17, 15) is 0 Å². The van der Waals surface area contributed by atoms with E-state index in [0.717, 1.165) is 6.42 Å². The topological polar surface area (TPSA) is 6.48 Å². The monoisotopic (exact) mass is 869 g/mol. The highest BCUT2D eigenvalue weighted by Crippen LogP contribution is 2.58. The van der Waals surface area contributed by atoms with Crippen LogP contribution in [0.15, 0.2) is 97.1 Å². The van der Waals surface area contributed by atoms with Crippen LogP contribution in [0, 0.1) is 6.92 Å². The van der Waals surface area contributed by atoms with Crippen LogP contribution in [0.3, 0.4) is 0 Å². The zero-order valence-corrected chi connectivity index (χ0v) is 43.3. The van der Waals surface area contributed by atoms with Gasteiger partial charge in [0, 0.05) is 33.9 Å². The second-order valence-corrected chi connectivity index (χ2v) is 26.5. The zero-order chi connectivity index (χ0) is 47.2. The molecule has 0 amide bonds. The molecule has 0 atom stereocenters. The van der Waals surface area contributed by atoms with Crippen LogP contribution < -0.4 is 26.2 Å². The van der Waals surface area contributed by atoms with E-state index >= 15 is 0 Å². The minimum Gasteiger partial charge on any atom is -0.311 e. The summed E-state index contributed by atoms with van der Waals surface area (Å²) >= 11 is 0. The van der Waals surface area contributed by atoms with E-state index in [1.54, 1.807) is 0 Å². The maximum atomic E-state index is 2.76. The van der Waals surface area contributed by atoms with Crippen LogP contribution in [0.4, 0.5) is 34.1 Å². The smallest absolute Gasteiger partial charge is 0.252 e. The van der Waals surface area contributed by atoms with Crippen molar-refractivity contribution in [3.8, 4) is 11.1 Å². The zero-order valence-electron chi connectivity index (χ0n) is 43.3. The van der Waals surface area contributed by atoms with E-state index in [0.29, 0.717) is 0 Å². The first-order valence-electron chi connectivity index (χ1n) is 25.1. The molecule has 0 bridgehead atoms. The summed E-state index contributed by atoms with van der Waals surface area (Å²) in [5, 5.41) is 0. The van der Waals surface area contributed by atoms with Crippen molar-refractivity contribution in [1.82, 2.24) is 0 Å². The third-order valence-corrected chi connectivity index (χ3v) is 17.5. The molecule has 0 spiro atoms. The molecule has 0 saturated carbocycles. The van der Waals surface area contributed by atoms with Gasteiger partial charge in [0.25, 0.3) is 6.71 Å². The second kappa shape index (κ2) is 13.4. The summed E-state index contributed by atoms with van der Waals surface area (Å²) in [7, 11) is 0. The number of nitrogens with zero attached hydrogens (tertiary/aromatic N) is 2. The molecule has 66 heavy (non-hydrogen) atoms. The molecule has 0 N–H and O–H groups in total. The molecule has 2 heterocycles. The van der Waals surface area contributed by atoms with Crippen molar-refractivity contribution < 1.29 is 0 Å². The molecule has 0 unspecified atom stereocenters. The normalized spacial score (nSPS) is 19.6. The standard InChI is InChI=1S/C63H73BN2/c1-37-29-43-46(62(14,15)36-61(43,12)13)34-50(37)66-51-30-38(57(2,3)4)25-26-47(51)64-48-33-44-45(60(10,11)28-27-59(44,8)9)35-52(48)65(53-31-39(58(5,6)7)32-54(66)56(53)64)49-24-20-22-41-40-21-18-19-23-42(40)63(16,17)55(41)49/h18-26,29-35H,27-28,36H2,1-17H3. The first-order chi connectivity index (χ1) is 30.6. The fourth-order valence-electron chi connectivity index (χ4n) is 13.8. The third-order valence-electron chi connectivity index (χ3n) is 17.5. The van der Waals surface area contributed by atoms with Gasteiger partial charge in [0.1, 0.15) is 0 Å². The van der Waals surface area contributed by atoms with Gasteiger partial charge in [-0.15, -0.1) is 0 Å². The van der Waals surface area contributed by atoms with E-state index in [4.69, 9.17) is 0 Å². The average Bonchev–Trinajstić information content (AvgIpc) is 3.57. The predicted molar refractivity (Wildman–Crippen MR) is 286 cm³/mol. The lowest BCUT2D eigenvalue weighted by atomic mass is 9.33. The maximum Gasteiger partial charge on any atom is 0.252 e. The molecule has 6 aromatic carbocycles. The maximum absolute atomic E-state index is 2.76. The van der Waals surface area contributed by atoms with Crippen LogP contribution >= 0.6 is 0 Å². The molecule has 0 radical (unpaired) electrons. The van der Waals surface area contributed by atoms with Crippen LogP contribution in [0.2, 0.25) is 0 Å². The molecule has 11 rings (SSSR count). The fourth-order valence-corrected chi connectivity index (χ4v) is 13.8. The second-order valence-electron chi connectivity index (χ2n) is 26.5. The van der Waals surface area contributed by atoms with Crippen LogP contribution in [0.25, 0.3) is 11.1 Å². The number of anilines is 6. The Kier molecular flexibility index (Phi) is 8.82. The number of hydrogen-bond donors (Lipinski definition) is 0. The number of hydrogen-bond acceptors (Lipinski definition) is 2. The fraction of sp³-hybridized carbons (Fsp3) is 0.429. The highest BCUT2D eigenvalue weighted by Gasteiger charge is 2.50. The highest BCUT2D eigenvalue weighted by atomic mass is 15.2. The van der Waals surface area contributed by atoms with Crippen molar-refractivity contribution in [2.24, 2.45) is 0 Å². The van der Waals surface area contributed by atoms with Gasteiger partial charge in [-0.3, -0.25) is 0 Å². The molecule has 3 aliphatic carbocycles. The van der Waals surface area contributed by atoms with Crippen molar-refractivity contribution in [2.75, 3.05) is 9.80 Å². The Bertz CT molecular complexity index is 3080. The largest absolute Gasteiger partial charge is 0.311 e. The van der Waals surface area contributed by atoms with Crippen molar-refractivity contribution in [1.29, 1.82) is 0 Å². The molecular formula is C63H73BN2. The molecule has 2 aliphatic heterocycles. The average molecular weight is 869 g/mol.